The Morgan fingerprint density at radius 2 is 2.10 bits per heavy atom. The first-order valence-electron chi connectivity index (χ1n) is 7.05. The quantitative estimate of drug-likeness (QED) is 0.551. The molecule has 1 aromatic carbocycles. The normalized spacial score (nSPS) is 27.5. The number of thioether (sulfide) groups is 1. The molecule has 0 bridgehead atoms. The van der Waals surface area contributed by atoms with Crippen LogP contribution in [0.5, 0.6) is 0 Å². The topological polar surface area (TPSA) is 47.6 Å². The van der Waals surface area contributed by atoms with Crippen LogP contribution in [0.4, 0.5) is 5.69 Å². The third-order valence-electron chi connectivity index (χ3n) is 3.62. The van der Waals surface area contributed by atoms with Crippen molar-refractivity contribution in [3.63, 3.8) is 0 Å². The number of amidine groups is 1. The number of hydrogen-bond acceptors (Lipinski definition) is 4. The Hall–Kier alpha value is -0.600. The molecule has 21 heavy (non-hydrogen) atoms. The van der Waals surface area contributed by atoms with Crippen LogP contribution in [0.3, 0.4) is 0 Å². The van der Waals surface area contributed by atoms with Crippen LogP contribution in [0, 0.1) is 0 Å². The number of halogens is 1. The first-order chi connectivity index (χ1) is 9.79. The monoisotopic (exact) mass is 417 g/mol. The lowest BCUT2D eigenvalue weighted by molar-refractivity contribution is -0.462. The van der Waals surface area contributed by atoms with Crippen LogP contribution in [0.2, 0.25) is 0 Å². The van der Waals surface area contributed by atoms with Crippen molar-refractivity contribution in [3.05, 3.63) is 30.3 Å². The molecule has 1 aromatic rings. The van der Waals surface area contributed by atoms with Gasteiger partial charge in [-0.05, 0) is 31.9 Å². The van der Waals surface area contributed by atoms with Crippen molar-refractivity contribution in [2.24, 2.45) is 4.99 Å². The zero-order valence-electron chi connectivity index (χ0n) is 12.1. The molecule has 1 unspecified atom stereocenters. The molecule has 0 amide bonds. The molecular formula is C15H20IN3OS. The number of benzene rings is 1. The summed E-state index contributed by atoms with van der Waals surface area (Å²) in [6, 6.07) is 10.1. The molecule has 3 rings (SSSR count). The van der Waals surface area contributed by atoms with E-state index in [2.05, 4.69) is 17.2 Å². The van der Waals surface area contributed by atoms with Crippen molar-refractivity contribution in [1.29, 1.82) is 0 Å². The van der Waals surface area contributed by atoms with Crippen molar-refractivity contribution < 1.29 is 33.7 Å². The molecule has 2 heterocycles. The minimum Gasteiger partial charge on any atom is -1.00 e. The fourth-order valence-corrected chi connectivity index (χ4v) is 3.43. The lowest BCUT2D eigenvalue weighted by Gasteiger charge is -2.20. The summed E-state index contributed by atoms with van der Waals surface area (Å²) in [5.74, 6) is 1.70. The van der Waals surface area contributed by atoms with E-state index in [0.717, 1.165) is 29.7 Å². The largest absolute Gasteiger partial charge is 1.00 e. The lowest BCUT2D eigenvalue weighted by atomic mass is 10.1. The maximum absolute atomic E-state index is 5.99. The summed E-state index contributed by atoms with van der Waals surface area (Å²) in [5.41, 5.74) is 0.506. The fourth-order valence-electron chi connectivity index (χ4n) is 2.42. The van der Waals surface area contributed by atoms with Gasteiger partial charge in [-0.1, -0.05) is 30.0 Å². The van der Waals surface area contributed by atoms with Gasteiger partial charge in [-0.15, -0.1) is 0 Å². The van der Waals surface area contributed by atoms with E-state index in [1.807, 2.05) is 30.3 Å². The van der Waals surface area contributed by atoms with Gasteiger partial charge < -0.3 is 28.7 Å². The number of nitrogens with zero attached hydrogens (tertiary/aromatic N) is 1. The minimum absolute atomic E-state index is 0. The highest BCUT2D eigenvalue weighted by Gasteiger charge is 2.47. The molecule has 4 nitrogen and oxygen atoms in total. The first-order valence-corrected chi connectivity index (χ1v) is 8.04. The minimum atomic E-state index is -0.467. The molecule has 1 atom stereocenters. The summed E-state index contributed by atoms with van der Waals surface area (Å²) in [6.07, 6.45) is 2.37. The average Bonchev–Trinajstić information content (AvgIpc) is 2.70. The van der Waals surface area contributed by atoms with Gasteiger partial charge in [-0.2, -0.15) is 0 Å². The summed E-state index contributed by atoms with van der Waals surface area (Å²) in [6.45, 7) is 4.07. The van der Waals surface area contributed by atoms with Gasteiger partial charge >= 0.3 is 0 Å². The number of para-hydroxylation sites is 1. The SMILES string of the molecule is CC1(C2=[NH+]CCCCN2)OCSC1=Nc1ccccc1.[I-]. The van der Waals surface area contributed by atoms with Crippen molar-refractivity contribution in [2.75, 3.05) is 19.0 Å². The molecule has 1 fully saturated rings. The van der Waals surface area contributed by atoms with Crippen molar-refractivity contribution in [2.45, 2.75) is 25.4 Å². The number of aliphatic imine (C=N–C) groups is 1. The second kappa shape index (κ2) is 7.60. The van der Waals surface area contributed by atoms with E-state index in [9.17, 15) is 0 Å². The molecule has 114 valence electrons. The maximum Gasteiger partial charge on any atom is 0.282 e. The molecule has 2 N–H and O–H groups in total. The van der Waals surface area contributed by atoms with E-state index in [-0.39, 0.29) is 24.0 Å². The molecular weight excluding hydrogens is 397 g/mol. The van der Waals surface area contributed by atoms with Gasteiger partial charge in [0, 0.05) is 0 Å². The summed E-state index contributed by atoms with van der Waals surface area (Å²) in [7, 11) is 0. The Morgan fingerprint density at radius 3 is 2.90 bits per heavy atom. The maximum atomic E-state index is 5.99. The third kappa shape index (κ3) is 3.78. The zero-order valence-corrected chi connectivity index (χ0v) is 15.0. The second-order valence-electron chi connectivity index (χ2n) is 5.13. The number of nitrogens with one attached hydrogen (secondary N) is 2. The number of ether oxygens (including phenoxy) is 1. The highest BCUT2D eigenvalue weighted by atomic mass is 127. The smallest absolute Gasteiger partial charge is 0.282 e. The van der Waals surface area contributed by atoms with Crippen LogP contribution in [0.25, 0.3) is 0 Å². The van der Waals surface area contributed by atoms with E-state index in [1.54, 1.807) is 11.8 Å². The Bertz CT molecular complexity index is 535. The zero-order chi connectivity index (χ0) is 13.8. The number of rotatable bonds is 2. The van der Waals surface area contributed by atoms with Gasteiger partial charge in [0.15, 0.2) is 0 Å². The first kappa shape index (κ1) is 16.8. The number of hydrogen-bond donors (Lipinski definition) is 2. The Balaban J connectivity index is 0.00000161. The van der Waals surface area contributed by atoms with Crippen LogP contribution < -0.4 is 34.3 Å². The summed E-state index contributed by atoms with van der Waals surface area (Å²) >= 11 is 1.67. The van der Waals surface area contributed by atoms with Gasteiger partial charge in [0.1, 0.15) is 11.0 Å². The highest BCUT2D eigenvalue weighted by Crippen LogP contribution is 2.32. The molecule has 0 aliphatic carbocycles. The van der Waals surface area contributed by atoms with Crippen LogP contribution in [0.1, 0.15) is 19.8 Å². The average molecular weight is 417 g/mol. The molecule has 0 saturated carbocycles. The standard InChI is InChI=1S/C15H19N3OS.HI/c1-15(13-16-9-5-6-10-17-13)14(20-11-19-15)18-12-7-3-2-4-8-12;/h2-4,7-8H,5-6,9-11H2,1H3,(H,16,17);1H. The van der Waals surface area contributed by atoms with Gasteiger partial charge in [0.05, 0.1) is 18.8 Å². The lowest BCUT2D eigenvalue weighted by Crippen LogP contribution is -3.00. The van der Waals surface area contributed by atoms with Crippen molar-refractivity contribution in [1.82, 2.24) is 5.32 Å². The molecule has 2 aliphatic rings. The summed E-state index contributed by atoms with van der Waals surface area (Å²) < 4.78 is 5.99. The molecule has 0 radical (unpaired) electrons. The van der Waals surface area contributed by atoms with Gasteiger partial charge in [-0.3, -0.25) is 10.3 Å². The van der Waals surface area contributed by atoms with Crippen LogP contribution >= 0.6 is 11.8 Å². The van der Waals surface area contributed by atoms with Crippen molar-refractivity contribution >= 4 is 28.3 Å². The predicted molar refractivity (Wildman–Crippen MR) is 83.6 cm³/mol. The molecule has 0 spiro atoms. The van der Waals surface area contributed by atoms with Crippen LogP contribution in [0.15, 0.2) is 35.3 Å². The van der Waals surface area contributed by atoms with Gasteiger partial charge in [-0.25, -0.2) is 4.99 Å². The van der Waals surface area contributed by atoms with E-state index in [4.69, 9.17) is 9.73 Å². The molecule has 0 aromatic heterocycles. The fraction of sp³-hybridized carbons (Fsp3) is 0.467. The Morgan fingerprint density at radius 1 is 1.29 bits per heavy atom. The van der Waals surface area contributed by atoms with E-state index in [0.29, 0.717) is 5.94 Å². The van der Waals surface area contributed by atoms with Gasteiger partial charge in [0.25, 0.3) is 5.84 Å². The summed E-state index contributed by atoms with van der Waals surface area (Å²) in [5, 5.41) is 4.48. The van der Waals surface area contributed by atoms with E-state index < -0.39 is 5.60 Å². The molecule has 1 saturated heterocycles. The Kier molecular flexibility index (Phi) is 6.07. The molecule has 2 aliphatic heterocycles. The molecule has 6 heteroatoms. The van der Waals surface area contributed by atoms with E-state index in [1.165, 1.54) is 12.8 Å². The van der Waals surface area contributed by atoms with Gasteiger partial charge in [0.2, 0.25) is 5.60 Å². The third-order valence-corrected chi connectivity index (χ3v) is 4.61. The Labute approximate surface area is 146 Å². The summed E-state index contributed by atoms with van der Waals surface area (Å²) in [4.78, 5) is 8.24. The second-order valence-corrected chi connectivity index (χ2v) is 6.04. The van der Waals surface area contributed by atoms with E-state index >= 15 is 0 Å². The highest BCUT2D eigenvalue weighted by molar-refractivity contribution is 8.14. The van der Waals surface area contributed by atoms with Crippen LogP contribution in [-0.2, 0) is 4.74 Å². The predicted octanol–water partition coefficient (Wildman–Crippen LogP) is -1.94. The van der Waals surface area contributed by atoms with Crippen LogP contribution in [-0.4, -0.2) is 35.5 Å². The van der Waals surface area contributed by atoms with Crippen molar-refractivity contribution in [3.8, 4) is 0 Å².